The lowest BCUT2D eigenvalue weighted by Gasteiger charge is -2.43. The summed E-state index contributed by atoms with van der Waals surface area (Å²) >= 11 is 0. The van der Waals surface area contributed by atoms with Gasteiger partial charge in [-0.2, -0.15) is 5.26 Å². The lowest BCUT2D eigenvalue weighted by molar-refractivity contribution is -0.0355. The number of piperazine rings is 1. The van der Waals surface area contributed by atoms with Crippen molar-refractivity contribution < 1.29 is 9.53 Å². The molecule has 2 amide bonds. The number of hydrogen-bond donors (Lipinski definition) is 1. The van der Waals surface area contributed by atoms with Crippen LogP contribution in [0, 0.1) is 18.3 Å². The summed E-state index contributed by atoms with van der Waals surface area (Å²) in [5, 5.41) is 12.0. The molecule has 0 saturated carbocycles. The summed E-state index contributed by atoms with van der Waals surface area (Å²) in [4.78, 5) is 16.7. The Kier molecular flexibility index (Phi) is 4.27. The quantitative estimate of drug-likeness (QED) is 0.851. The fraction of sp³-hybridized carbons (Fsp3) is 0.500. The number of nitrogens with one attached hydrogen (secondary N) is 1. The van der Waals surface area contributed by atoms with Crippen LogP contribution in [0.1, 0.15) is 11.1 Å². The highest BCUT2D eigenvalue weighted by Crippen LogP contribution is 2.20. The Morgan fingerprint density at radius 1 is 1.41 bits per heavy atom. The van der Waals surface area contributed by atoms with Crippen molar-refractivity contribution in [3.05, 3.63) is 29.3 Å². The molecule has 1 aromatic carbocycles. The average molecular weight is 300 g/mol. The highest BCUT2D eigenvalue weighted by atomic mass is 16.5. The van der Waals surface area contributed by atoms with Crippen LogP contribution in [-0.4, -0.2) is 61.3 Å². The number of anilines is 1. The predicted octanol–water partition coefficient (Wildman–Crippen LogP) is 1.41. The maximum atomic E-state index is 12.5. The molecule has 2 heterocycles. The second-order valence-electron chi connectivity index (χ2n) is 5.73. The molecular formula is C16H20N4O2. The second-order valence-corrected chi connectivity index (χ2v) is 5.73. The maximum absolute atomic E-state index is 12.5. The van der Waals surface area contributed by atoms with Gasteiger partial charge in [0.25, 0.3) is 0 Å². The third-order valence-corrected chi connectivity index (χ3v) is 4.42. The fourth-order valence-corrected chi connectivity index (χ4v) is 3.02. The summed E-state index contributed by atoms with van der Waals surface area (Å²) in [6, 6.07) is 7.69. The number of nitriles is 1. The molecule has 0 unspecified atom stereocenters. The van der Waals surface area contributed by atoms with Crippen molar-refractivity contribution in [3.8, 4) is 6.07 Å². The molecule has 2 aliphatic heterocycles. The van der Waals surface area contributed by atoms with E-state index in [0.29, 0.717) is 30.4 Å². The smallest absolute Gasteiger partial charge is 0.321 e. The summed E-state index contributed by atoms with van der Waals surface area (Å²) in [6.07, 6.45) is 0. The van der Waals surface area contributed by atoms with Crippen molar-refractivity contribution in [2.24, 2.45) is 0 Å². The number of morpholine rings is 1. The molecule has 2 saturated heterocycles. The summed E-state index contributed by atoms with van der Waals surface area (Å²) in [7, 11) is 0. The largest absolute Gasteiger partial charge is 0.378 e. The van der Waals surface area contributed by atoms with Crippen molar-refractivity contribution in [2.45, 2.75) is 13.0 Å². The van der Waals surface area contributed by atoms with Crippen LogP contribution in [0.4, 0.5) is 10.5 Å². The third-order valence-electron chi connectivity index (χ3n) is 4.42. The zero-order valence-electron chi connectivity index (χ0n) is 12.7. The van der Waals surface area contributed by atoms with Gasteiger partial charge in [0.2, 0.25) is 0 Å². The minimum absolute atomic E-state index is 0.108. The molecule has 1 aromatic rings. The number of benzene rings is 1. The number of rotatable bonds is 1. The van der Waals surface area contributed by atoms with Crippen molar-refractivity contribution >= 4 is 11.7 Å². The molecule has 0 aromatic heterocycles. The lowest BCUT2D eigenvalue weighted by atomic mass is 10.1. The van der Waals surface area contributed by atoms with Gasteiger partial charge in [0.1, 0.15) is 0 Å². The van der Waals surface area contributed by atoms with E-state index in [2.05, 4.69) is 16.3 Å². The number of nitrogens with zero attached hydrogens (tertiary/aromatic N) is 3. The first-order valence-corrected chi connectivity index (χ1v) is 7.56. The average Bonchev–Trinajstić information content (AvgIpc) is 2.56. The second kappa shape index (κ2) is 6.34. The predicted molar refractivity (Wildman–Crippen MR) is 82.7 cm³/mol. The van der Waals surface area contributed by atoms with Gasteiger partial charge in [-0.1, -0.05) is 6.07 Å². The monoisotopic (exact) mass is 300 g/mol. The minimum Gasteiger partial charge on any atom is -0.378 e. The SMILES string of the molecule is Cc1c(C#N)cccc1NC(=O)N1CCN2CCOC[C@H]2C1. The van der Waals surface area contributed by atoms with Gasteiger partial charge in [-0.05, 0) is 24.6 Å². The van der Waals surface area contributed by atoms with E-state index in [1.54, 1.807) is 12.1 Å². The first kappa shape index (κ1) is 14.8. The van der Waals surface area contributed by atoms with Crippen molar-refractivity contribution in [2.75, 3.05) is 44.7 Å². The van der Waals surface area contributed by atoms with E-state index in [0.717, 1.165) is 31.8 Å². The number of fused-ring (bicyclic) bond motifs is 1. The molecule has 116 valence electrons. The van der Waals surface area contributed by atoms with Gasteiger partial charge < -0.3 is 15.0 Å². The number of amides is 2. The highest BCUT2D eigenvalue weighted by Gasteiger charge is 2.31. The molecule has 22 heavy (non-hydrogen) atoms. The Morgan fingerprint density at radius 2 is 2.27 bits per heavy atom. The Bertz CT molecular complexity index is 611. The Labute approximate surface area is 130 Å². The fourth-order valence-electron chi connectivity index (χ4n) is 3.02. The molecular weight excluding hydrogens is 280 g/mol. The van der Waals surface area contributed by atoms with Crippen molar-refractivity contribution in [3.63, 3.8) is 0 Å². The van der Waals surface area contributed by atoms with Crippen LogP contribution in [-0.2, 0) is 4.74 Å². The first-order chi connectivity index (χ1) is 10.7. The highest BCUT2D eigenvalue weighted by molar-refractivity contribution is 5.90. The van der Waals surface area contributed by atoms with E-state index >= 15 is 0 Å². The number of hydrogen-bond acceptors (Lipinski definition) is 4. The van der Waals surface area contributed by atoms with Gasteiger partial charge in [0, 0.05) is 31.9 Å². The van der Waals surface area contributed by atoms with Crippen molar-refractivity contribution in [1.29, 1.82) is 5.26 Å². The molecule has 0 aliphatic carbocycles. The van der Waals surface area contributed by atoms with E-state index in [4.69, 9.17) is 10.00 Å². The molecule has 0 bridgehead atoms. The Hall–Kier alpha value is -2.10. The number of carbonyl (C=O) groups excluding carboxylic acids is 1. The van der Waals surface area contributed by atoms with Gasteiger partial charge in [0.05, 0.1) is 30.9 Å². The standard InChI is InChI=1S/C16H20N4O2/c1-12-13(9-17)3-2-4-15(12)18-16(21)20-6-5-19-7-8-22-11-14(19)10-20/h2-4,14H,5-8,10-11H2,1H3,(H,18,21)/t14-/m1/s1. The molecule has 6 nitrogen and oxygen atoms in total. The molecule has 3 rings (SSSR count). The van der Waals surface area contributed by atoms with Gasteiger partial charge in [0.15, 0.2) is 0 Å². The van der Waals surface area contributed by atoms with Crippen LogP contribution >= 0.6 is 0 Å². The summed E-state index contributed by atoms with van der Waals surface area (Å²) in [6.45, 7) is 6.56. The van der Waals surface area contributed by atoms with E-state index in [-0.39, 0.29) is 6.03 Å². The summed E-state index contributed by atoms with van der Waals surface area (Å²) < 4.78 is 5.50. The van der Waals surface area contributed by atoms with E-state index in [1.807, 2.05) is 17.9 Å². The topological polar surface area (TPSA) is 68.6 Å². The van der Waals surface area contributed by atoms with Gasteiger partial charge in [-0.3, -0.25) is 4.90 Å². The van der Waals surface area contributed by atoms with E-state index in [9.17, 15) is 4.79 Å². The molecule has 1 atom stereocenters. The van der Waals surface area contributed by atoms with Gasteiger partial charge in [-0.15, -0.1) is 0 Å². The van der Waals surface area contributed by atoms with E-state index in [1.165, 1.54) is 0 Å². The van der Waals surface area contributed by atoms with Crippen LogP contribution in [0.3, 0.4) is 0 Å². The zero-order valence-corrected chi connectivity index (χ0v) is 12.7. The van der Waals surface area contributed by atoms with Gasteiger partial charge >= 0.3 is 6.03 Å². The van der Waals surface area contributed by atoms with E-state index < -0.39 is 0 Å². The number of ether oxygens (including phenoxy) is 1. The van der Waals surface area contributed by atoms with Crippen LogP contribution in [0.15, 0.2) is 18.2 Å². The third kappa shape index (κ3) is 2.91. The normalized spacial score (nSPS) is 21.8. The molecule has 2 aliphatic rings. The lowest BCUT2D eigenvalue weighted by Crippen LogP contribution is -2.59. The molecule has 0 spiro atoms. The summed E-state index contributed by atoms with van der Waals surface area (Å²) in [5.41, 5.74) is 2.09. The van der Waals surface area contributed by atoms with Crippen LogP contribution in [0.5, 0.6) is 0 Å². The van der Waals surface area contributed by atoms with Crippen LogP contribution in [0.25, 0.3) is 0 Å². The Morgan fingerprint density at radius 3 is 3.09 bits per heavy atom. The summed E-state index contributed by atoms with van der Waals surface area (Å²) in [5.74, 6) is 0. The number of urea groups is 1. The number of carbonyl (C=O) groups is 1. The van der Waals surface area contributed by atoms with Crippen LogP contribution < -0.4 is 5.32 Å². The molecule has 1 N–H and O–H groups in total. The zero-order chi connectivity index (χ0) is 15.5. The Balaban J connectivity index is 1.66. The molecule has 2 fully saturated rings. The maximum Gasteiger partial charge on any atom is 0.321 e. The minimum atomic E-state index is -0.108. The van der Waals surface area contributed by atoms with Crippen LogP contribution in [0.2, 0.25) is 0 Å². The first-order valence-electron chi connectivity index (χ1n) is 7.56. The molecule has 0 radical (unpaired) electrons. The van der Waals surface area contributed by atoms with Gasteiger partial charge in [-0.25, -0.2) is 4.79 Å². The van der Waals surface area contributed by atoms with Crippen molar-refractivity contribution in [1.82, 2.24) is 9.80 Å². The molecule has 6 heteroatoms.